The number of hydrogen-bond donors (Lipinski definition) is 1. The summed E-state index contributed by atoms with van der Waals surface area (Å²) in [5.41, 5.74) is 0.373. The van der Waals surface area contributed by atoms with Crippen LogP contribution < -0.4 is 5.32 Å². The summed E-state index contributed by atoms with van der Waals surface area (Å²) >= 11 is 11.7. The highest BCUT2D eigenvalue weighted by Gasteiger charge is 2.17. The van der Waals surface area contributed by atoms with Gasteiger partial charge in [0.2, 0.25) is 6.41 Å². The van der Waals surface area contributed by atoms with E-state index < -0.39 is 5.97 Å². The Hall–Kier alpha value is -1.33. The van der Waals surface area contributed by atoms with Crippen LogP contribution in [0.25, 0.3) is 0 Å². The first-order valence-corrected chi connectivity index (χ1v) is 5.54. The normalized spacial score (nSPS) is 9.82. The van der Waals surface area contributed by atoms with Gasteiger partial charge in [-0.15, -0.1) is 0 Å². The van der Waals surface area contributed by atoms with E-state index in [1.54, 1.807) is 6.92 Å². The van der Waals surface area contributed by atoms with Crippen molar-refractivity contribution < 1.29 is 14.3 Å². The van der Waals surface area contributed by atoms with Crippen molar-refractivity contribution in [3.8, 4) is 0 Å². The fourth-order valence-corrected chi connectivity index (χ4v) is 1.51. The first kappa shape index (κ1) is 13.7. The maximum atomic E-state index is 11.5. The van der Waals surface area contributed by atoms with Crippen LogP contribution >= 0.6 is 23.2 Å². The van der Waals surface area contributed by atoms with Crippen LogP contribution in [-0.2, 0) is 16.1 Å². The molecule has 1 N–H and O–H groups in total. The summed E-state index contributed by atoms with van der Waals surface area (Å²) in [7, 11) is 0. The van der Waals surface area contributed by atoms with E-state index in [2.05, 4.69) is 10.3 Å². The molecule has 0 spiro atoms. The Morgan fingerprint density at radius 1 is 1.59 bits per heavy atom. The minimum absolute atomic E-state index is 0.0416. The number of halogens is 2. The molecule has 0 aliphatic rings. The predicted octanol–water partition coefficient (Wildman–Crippen LogP) is 1.81. The van der Waals surface area contributed by atoms with Gasteiger partial charge in [0, 0.05) is 0 Å². The summed E-state index contributed by atoms with van der Waals surface area (Å²) in [5.74, 6) is -0.646. The van der Waals surface area contributed by atoms with E-state index in [0.29, 0.717) is 12.1 Å². The lowest BCUT2D eigenvalue weighted by atomic mass is 10.3. The van der Waals surface area contributed by atoms with Crippen LogP contribution in [0.3, 0.4) is 0 Å². The molecule has 0 saturated carbocycles. The molecular weight excluding hydrogens is 267 g/mol. The molecule has 0 saturated heterocycles. The molecule has 5 nitrogen and oxygen atoms in total. The number of nitrogens with zero attached hydrogens (tertiary/aromatic N) is 1. The molecule has 0 fully saturated rings. The number of carbonyl (C=O) groups is 2. The summed E-state index contributed by atoms with van der Waals surface area (Å²) in [6, 6.07) is 1.48. The van der Waals surface area contributed by atoms with Gasteiger partial charge in [0.15, 0.2) is 5.69 Å². The molecule has 0 atom stereocenters. The van der Waals surface area contributed by atoms with Crippen LogP contribution in [0.4, 0.5) is 0 Å². The second-order valence-electron chi connectivity index (χ2n) is 2.98. The molecule has 17 heavy (non-hydrogen) atoms. The third-order valence-corrected chi connectivity index (χ3v) is 2.58. The van der Waals surface area contributed by atoms with E-state index in [9.17, 15) is 9.59 Å². The second-order valence-corrected chi connectivity index (χ2v) is 3.76. The van der Waals surface area contributed by atoms with E-state index in [-0.39, 0.29) is 28.9 Å². The van der Waals surface area contributed by atoms with Crippen molar-refractivity contribution in [3.63, 3.8) is 0 Å². The smallest absolute Gasteiger partial charge is 0.358 e. The third-order valence-electron chi connectivity index (χ3n) is 1.80. The highest BCUT2D eigenvalue weighted by atomic mass is 35.5. The van der Waals surface area contributed by atoms with Crippen LogP contribution in [0, 0.1) is 0 Å². The highest BCUT2D eigenvalue weighted by molar-refractivity contribution is 6.43. The van der Waals surface area contributed by atoms with Gasteiger partial charge in [-0.05, 0) is 13.0 Å². The Kier molecular flexibility index (Phi) is 5.18. The second kappa shape index (κ2) is 6.42. The molecule has 0 aliphatic carbocycles. The van der Waals surface area contributed by atoms with E-state index >= 15 is 0 Å². The predicted molar refractivity (Wildman–Crippen MR) is 63.1 cm³/mol. The van der Waals surface area contributed by atoms with E-state index in [0.717, 1.165) is 0 Å². The molecule has 1 aromatic heterocycles. The van der Waals surface area contributed by atoms with Gasteiger partial charge in [0.25, 0.3) is 0 Å². The number of ether oxygens (including phenoxy) is 1. The Morgan fingerprint density at radius 2 is 2.29 bits per heavy atom. The van der Waals surface area contributed by atoms with Gasteiger partial charge in [0.1, 0.15) is 0 Å². The summed E-state index contributed by atoms with van der Waals surface area (Å²) in [5, 5.41) is 2.64. The molecule has 1 aromatic rings. The molecule has 0 aromatic carbocycles. The Balaban J connectivity index is 3.06. The minimum atomic E-state index is -0.646. The first-order chi connectivity index (χ1) is 8.10. The molecule has 0 bridgehead atoms. The highest BCUT2D eigenvalue weighted by Crippen LogP contribution is 2.26. The summed E-state index contributed by atoms with van der Waals surface area (Å²) in [4.78, 5) is 25.7. The number of esters is 1. The van der Waals surface area contributed by atoms with Crippen molar-refractivity contribution in [2.75, 3.05) is 6.61 Å². The average Bonchev–Trinajstić information content (AvgIpc) is 2.30. The molecule has 92 valence electrons. The molecule has 7 heteroatoms. The fourth-order valence-electron chi connectivity index (χ4n) is 1.12. The van der Waals surface area contributed by atoms with Crippen LogP contribution in [0.15, 0.2) is 6.07 Å². The van der Waals surface area contributed by atoms with Gasteiger partial charge in [-0.25, -0.2) is 9.78 Å². The number of aromatic nitrogens is 1. The van der Waals surface area contributed by atoms with Crippen molar-refractivity contribution >= 4 is 35.6 Å². The number of nitrogens with one attached hydrogen (secondary N) is 1. The molecule has 1 heterocycles. The lowest BCUT2D eigenvalue weighted by molar-refractivity contribution is -0.109. The largest absolute Gasteiger partial charge is 0.461 e. The van der Waals surface area contributed by atoms with Crippen molar-refractivity contribution in [3.05, 3.63) is 27.5 Å². The first-order valence-electron chi connectivity index (χ1n) is 4.79. The monoisotopic (exact) mass is 276 g/mol. The number of amides is 1. The van der Waals surface area contributed by atoms with Crippen molar-refractivity contribution in [2.24, 2.45) is 0 Å². The van der Waals surface area contributed by atoms with Crippen molar-refractivity contribution in [1.29, 1.82) is 0 Å². The number of pyridine rings is 1. The zero-order valence-electron chi connectivity index (χ0n) is 9.00. The topological polar surface area (TPSA) is 68.3 Å². The lowest BCUT2D eigenvalue weighted by Crippen LogP contribution is -2.14. The van der Waals surface area contributed by atoms with E-state index in [1.165, 1.54) is 6.07 Å². The van der Waals surface area contributed by atoms with E-state index in [4.69, 9.17) is 27.9 Å². The standard InChI is InChI=1S/C10H10Cl2N2O3/c1-2-17-10(16)9-8(12)7(11)3-6(14-9)4-13-5-15/h3,5H,2,4H2,1H3,(H,13,15). The third kappa shape index (κ3) is 3.57. The number of rotatable bonds is 5. The quantitative estimate of drug-likeness (QED) is 0.658. The van der Waals surface area contributed by atoms with Crippen LogP contribution in [0.1, 0.15) is 23.1 Å². The minimum Gasteiger partial charge on any atom is -0.461 e. The van der Waals surface area contributed by atoms with Crippen LogP contribution in [-0.4, -0.2) is 24.0 Å². The maximum Gasteiger partial charge on any atom is 0.358 e. The maximum absolute atomic E-state index is 11.5. The number of hydrogen-bond acceptors (Lipinski definition) is 4. The molecular formula is C10H10Cl2N2O3. The Bertz CT molecular complexity index is 438. The van der Waals surface area contributed by atoms with Gasteiger partial charge in [0.05, 0.1) is 28.9 Å². The van der Waals surface area contributed by atoms with Crippen molar-refractivity contribution in [2.45, 2.75) is 13.5 Å². The molecule has 1 rings (SSSR count). The zero-order valence-corrected chi connectivity index (χ0v) is 10.5. The summed E-state index contributed by atoms with van der Waals surface area (Å²) < 4.78 is 4.79. The lowest BCUT2D eigenvalue weighted by Gasteiger charge is -2.07. The fraction of sp³-hybridized carbons (Fsp3) is 0.300. The molecule has 0 aliphatic heterocycles. The van der Waals surface area contributed by atoms with E-state index in [1.807, 2.05) is 0 Å². The van der Waals surface area contributed by atoms with Crippen molar-refractivity contribution in [1.82, 2.24) is 10.3 Å². The van der Waals surface area contributed by atoms with Gasteiger partial charge < -0.3 is 10.1 Å². The Morgan fingerprint density at radius 3 is 2.88 bits per heavy atom. The van der Waals surface area contributed by atoms with Gasteiger partial charge in [-0.2, -0.15) is 0 Å². The summed E-state index contributed by atoms with van der Waals surface area (Å²) in [6.07, 6.45) is 0.522. The number of carbonyl (C=O) groups excluding carboxylic acids is 2. The molecule has 0 radical (unpaired) electrons. The van der Waals surface area contributed by atoms with Crippen LogP contribution in [0.5, 0.6) is 0 Å². The van der Waals surface area contributed by atoms with Gasteiger partial charge in [-0.1, -0.05) is 23.2 Å². The molecule has 1 amide bonds. The zero-order chi connectivity index (χ0) is 12.8. The molecule has 0 unspecified atom stereocenters. The van der Waals surface area contributed by atoms with Gasteiger partial charge >= 0.3 is 5.97 Å². The summed E-state index contributed by atoms with van der Waals surface area (Å²) in [6.45, 7) is 2.04. The average molecular weight is 277 g/mol. The van der Waals surface area contributed by atoms with Crippen LogP contribution in [0.2, 0.25) is 10.0 Å². The Labute approximate surface area is 108 Å². The van der Waals surface area contributed by atoms with Gasteiger partial charge in [-0.3, -0.25) is 4.79 Å². The SMILES string of the molecule is CCOC(=O)c1nc(CNC=O)cc(Cl)c1Cl.